The van der Waals surface area contributed by atoms with E-state index in [9.17, 15) is 4.79 Å². The number of nitrogens with zero attached hydrogens (tertiary/aromatic N) is 3. The molecule has 3 rings (SSSR count). The van der Waals surface area contributed by atoms with E-state index >= 15 is 0 Å². The fourth-order valence-corrected chi connectivity index (χ4v) is 3.32. The number of hydrogen-bond acceptors (Lipinski definition) is 6. The van der Waals surface area contributed by atoms with E-state index in [2.05, 4.69) is 32.8 Å². The first-order chi connectivity index (χ1) is 15.6. The Morgan fingerprint density at radius 3 is 2.75 bits per heavy atom. The monoisotopic (exact) mass is 434 g/mol. The fraction of sp³-hybridized carbons (Fsp3) is 0.333. The molecule has 0 aliphatic heterocycles. The van der Waals surface area contributed by atoms with E-state index in [1.807, 2.05) is 37.3 Å². The molecule has 0 spiro atoms. The minimum absolute atomic E-state index is 0.0545. The molecule has 3 aromatic rings. The maximum absolute atomic E-state index is 11.9. The minimum Gasteiger partial charge on any atom is -0.495 e. The highest BCUT2D eigenvalue weighted by Crippen LogP contribution is 2.31. The summed E-state index contributed by atoms with van der Waals surface area (Å²) in [4.78, 5) is 25.5. The van der Waals surface area contributed by atoms with Crippen LogP contribution in [0.5, 0.6) is 5.75 Å². The lowest BCUT2D eigenvalue weighted by atomic mass is 10.1. The van der Waals surface area contributed by atoms with E-state index in [-0.39, 0.29) is 12.1 Å². The zero-order valence-electron chi connectivity index (χ0n) is 18.8. The van der Waals surface area contributed by atoms with Crippen molar-refractivity contribution >= 4 is 17.5 Å². The number of unbranched alkanes of at least 4 members (excludes halogenated alkanes) is 1. The van der Waals surface area contributed by atoms with Gasteiger partial charge in [0.2, 0.25) is 0 Å². The number of hydrogen-bond donors (Lipinski definition) is 3. The Morgan fingerprint density at radius 1 is 1.16 bits per heavy atom. The maximum atomic E-state index is 11.9. The van der Waals surface area contributed by atoms with Crippen LogP contribution >= 0.6 is 0 Å². The fourth-order valence-electron chi connectivity index (χ4n) is 3.32. The van der Waals surface area contributed by atoms with Crippen molar-refractivity contribution in [3.05, 3.63) is 60.7 Å². The van der Waals surface area contributed by atoms with Gasteiger partial charge in [0.15, 0.2) is 0 Å². The van der Waals surface area contributed by atoms with E-state index < -0.39 is 0 Å². The summed E-state index contributed by atoms with van der Waals surface area (Å²) in [7, 11) is 1.57. The summed E-state index contributed by atoms with van der Waals surface area (Å²) in [6.45, 7) is 4.58. The van der Waals surface area contributed by atoms with Crippen molar-refractivity contribution in [3.8, 4) is 17.0 Å². The third kappa shape index (κ3) is 6.16. The van der Waals surface area contributed by atoms with E-state index in [4.69, 9.17) is 9.72 Å². The van der Waals surface area contributed by atoms with E-state index in [1.165, 1.54) is 0 Å². The van der Waals surface area contributed by atoms with E-state index in [0.717, 1.165) is 30.5 Å². The molecule has 0 aliphatic carbocycles. The highest BCUT2D eigenvalue weighted by molar-refractivity contribution is 5.91. The predicted molar refractivity (Wildman–Crippen MR) is 127 cm³/mol. The molecule has 3 N–H and O–H groups in total. The first kappa shape index (κ1) is 23.0. The molecule has 8 nitrogen and oxygen atoms in total. The number of ether oxygens (including phenoxy) is 1. The number of nitrogens with one attached hydrogen (secondary N) is 3. The lowest BCUT2D eigenvalue weighted by Gasteiger charge is -2.19. The molecule has 0 aliphatic rings. The molecular weight excluding hydrogens is 404 g/mol. The second-order valence-corrected chi connectivity index (χ2v) is 7.28. The van der Waals surface area contributed by atoms with Crippen molar-refractivity contribution in [1.29, 1.82) is 0 Å². The second-order valence-electron chi connectivity index (χ2n) is 7.28. The first-order valence-electron chi connectivity index (χ1n) is 10.9. The Bertz CT molecular complexity index is 1010. The summed E-state index contributed by atoms with van der Waals surface area (Å²) in [6.07, 6.45) is 8.37. The van der Waals surface area contributed by atoms with Crippen LogP contribution in [0.3, 0.4) is 0 Å². The highest BCUT2D eigenvalue weighted by atomic mass is 16.5. The molecule has 0 fully saturated rings. The zero-order chi connectivity index (χ0) is 22.8. The van der Waals surface area contributed by atoms with Gasteiger partial charge in [-0.1, -0.05) is 31.9 Å². The number of benzene rings is 1. The van der Waals surface area contributed by atoms with E-state index in [1.54, 1.807) is 31.8 Å². The standard InChI is InChI=1S/C24H30N6O2/c1-4-6-9-19(18-10-7-8-13-27-18)28-23-16-25-15-21(29-23)17-11-12-20(22(14-17)32-3)30-24(31)26-5-2/h7-8,10-16,19H,4-6,9H2,1-3H3,(H,28,29)(H2,26,30,31)/t19-/m0/s1. The summed E-state index contributed by atoms with van der Waals surface area (Å²) < 4.78 is 5.47. The number of carbonyl (C=O) groups is 1. The smallest absolute Gasteiger partial charge is 0.319 e. The van der Waals surface area contributed by atoms with Crippen molar-refractivity contribution in [2.24, 2.45) is 0 Å². The maximum Gasteiger partial charge on any atom is 0.319 e. The quantitative estimate of drug-likeness (QED) is 0.414. The molecule has 168 valence electrons. The van der Waals surface area contributed by atoms with Crippen LogP contribution < -0.4 is 20.7 Å². The van der Waals surface area contributed by atoms with Gasteiger partial charge in [0.05, 0.1) is 42.6 Å². The van der Waals surface area contributed by atoms with Crippen LogP contribution in [-0.2, 0) is 0 Å². The summed E-state index contributed by atoms with van der Waals surface area (Å²) in [6, 6.07) is 11.2. The average Bonchev–Trinajstić information content (AvgIpc) is 2.83. The lowest BCUT2D eigenvalue weighted by molar-refractivity contribution is 0.252. The molecule has 32 heavy (non-hydrogen) atoms. The molecule has 0 saturated heterocycles. The summed E-state index contributed by atoms with van der Waals surface area (Å²) in [5.41, 5.74) is 3.10. The molecule has 0 radical (unpaired) electrons. The Morgan fingerprint density at radius 2 is 2.03 bits per heavy atom. The number of methoxy groups -OCH3 is 1. The molecule has 1 atom stereocenters. The average molecular weight is 435 g/mol. The summed E-state index contributed by atoms with van der Waals surface area (Å²) in [5.74, 6) is 1.22. The predicted octanol–water partition coefficient (Wildman–Crippen LogP) is 5.03. The van der Waals surface area contributed by atoms with Gasteiger partial charge in [0.25, 0.3) is 0 Å². The zero-order valence-corrected chi connectivity index (χ0v) is 18.8. The molecule has 2 heterocycles. The molecule has 0 unspecified atom stereocenters. The second kappa shape index (κ2) is 11.6. The van der Waals surface area contributed by atoms with Crippen LogP contribution in [0, 0.1) is 0 Å². The van der Waals surface area contributed by atoms with Gasteiger partial charge in [-0.05, 0) is 37.6 Å². The molecule has 2 amide bonds. The van der Waals surface area contributed by atoms with Crippen LogP contribution in [0.1, 0.15) is 44.8 Å². The summed E-state index contributed by atoms with van der Waals surface area (Å²) >= 11 is 0. The molecule has 0 bridgehead atoms. The van der Waals surface area contributed by atoms with Gasteiger partial charge in [-0.2, -0.15) is 0 Å². The van der Waals surface area contributed by atoms with Crippen molar-refractivity contribution in [1.82, 2.24) is 20.3 Å². The van der Waals surface area contributed by atoms with Crippen LogP contribution in [0.25, 0.3) is 11.3 Å². The largest absolute Gasteiger partial charge is 0.495 e. The lowest BCUT2D eigenvalue weighted by Crippen LogP contribution is -2.28. The highest BCUT2D eigenvalue weighted by Gasteiger charge is 2.14. The summed E-state index contributed by atoms with van der Waals surface area (Å²) in [5, 5.41) is 8.98. The third-order valence-corrected chi connectivity index (χ3v) is 4.93. The van der Waals surface area contributed by atoms with Gasteiger partial charge in [-0.15, -0.1) is 0 Å². The number of amides is 2. The van der Waals surface area contributed by atoms with Crippen LogP contribution in [0.2, 0.25) is 0 Å². The number of urea groups is 1. The Balaban J connectivity index is 1.82. The topological polar surface area (TPSA) is 101 Å². The Hall–Kier alpha value is -3.68. The van der Waals surface area contributed by atoms with Crippen LogP contribution in [0.15, 0.2) is 55.0 Å². The van der Waals surface area contributed by atoms with Crippen molar-refractivity contribution in [3.63, 3.8) is 0 Å². The van der Waals surface area contributed by atoms with Gasteiger partial charge in [-0.25, -0.2) is 9.78 Å². The minimum atomic E-state index is -0.280. The van der Waals surface area contributed by atoms with Gasteiger partial charge in [0, 0.05) is 18.3 Å². The molecule has 1 aromatic carbocycles. The first-order valence-corrected chi connectivity index (χ1v) is 10.9. The van der Waals surface area contributed by atoms with Crippen molar-refractivity contribution < 1.29 is 9.53 Å². The molecule has 8 heteroatoms. The molecule has 2 aromatic heterocycles. The van der Waals surface area contributed by atoms with Crippen LogP contribution in [-0.4, -0.2) is 34.6 Å². The third-order valence-electron chi connectivity index (χ3n) is 4.93. The van der Waals surface area contributed by atoms with Crippen molar-refractivity contribution in [2.75, 3.05) is 24.3 Å². The van der Waals surface area contributed by atoms with Crippen molar-refractivity contribution in [2.45, 2.75) is 39.2 Å². The van der Waals surface area contributed by atoms with Gasteiger partial charge >= 0.3 is 6.03 Å². The molecule has 0 saturated carbocycles. The van der Waals surface area contributed by atoms with Crippen LogP contribution in [0.4, 0.5) is 16.3 Å². The molecular formula is C24H30N6O2. The Labute approximate surface area is 188 Å². The van der Waals surface area contributed by atoms with E-state index in [0.29, 0.717) is 29.5 Å². The van der Waals surface area contributed by atoms with Gasteiger partial charge < -0.3 is 20.7 Å². The number of aromatic nitrogens is 3. The number of anilines is 2. The SMILES string of the molecule is CCCC[C@H](Nc1cncc(-c2ccc(NC(=O)NCC)c(OC)c2)n1)c1ccccn1. The number of carbonyl (C=O) groups excluding carboxylic acids is 1. The number of rotatable bonds is 10. The normalized spacial score (nSPS) is 11.5. The Kier molecular flexibility index (Phi) is 8.36. The number of pyridine rings is 1. The van der Waals surface area contributed by atoms with Gasteiger partial charge in [0.1, 0.15) is 11.6 Å². The van der Waals surface area contributed by atoms with Gasteiger partial charge in [-0.3, -0.25) is 9.97 Å².